The Morgan fingerprint density at radius 1 is 0.795 bits per heavy atom. The topological polar surface area (TPSA) is 202 Å². The van der Waals surface area contributed by atoms with Gasteiger partial charge in [-0.25, -0.2) is 24.0 Å². The zero-order valence-corrected chi connectivity index (χ0v) is 26.0. The molecule has 0 radical (unpaired) electrons. The second-order valence-corrected chi connectivity index (χ2v) is 10.7. The molecular formula is C27H42ClN9O7. The molecule has 16 nitrogen and oxygen atoms in total. The van der Waals surface area contributed by atoms with Gasteiger partial charge in [0.05, 0.1) is 0 Å². The summed E-state index contributed by atoms with van der Waals surface area (Å²) in [5.74, 6) is -1.19. The molecular weight excluding hydrogens is 598 g/mol. The molecule has 1 aliphatic rings. The number of hydroxylamine groups is 2. The largest absolute Gasteiger partial charge is 0.432 e. The van der Waals surface area contributed by atoms with Crippen LogP contribution < -0.4 is 36.7 Å². The van der Waals surface area contributed by atoms with E-state index in [1.807, 2.05) is 30.3 Å². The molecule has 1 saturated heterocycles. The van der Waals surface area contributed by atoms with Crippen molar-refractivity contribution in [2.75, 3.05) is 26.2 Å². The number of nitrogens with one attached hydrogen (secondary N) is 7. The highest BCUT2D eigenvalue weighted by Crippen LogP contribution is 2.12. The number of benzene rings is 1. The molecule has 0 spiro atoms. The van der Waals surface area contributed by atoms with Crippen molar-refractivity contribution >= 4 is 47.8 Å². The Morgan fingerprint density at radius 3 is 1.86 bits per heavy atom. The third-order valence-corrected chi connectivity index (χ3v) is 6.72. The van der Waals surface area contributed by atoms with Gasteiger partial charge in [-0.2, -0.15) is 0 Å². The molecule has 9 amide bonds. The number of amides is 9. The lowest BCUT2D eigenvalue weighted by molar-refractivity contribution is -0.171. The van der Waals surface area contributed by atoms with Crippen molar-refractivity contribution in [1.82, 2.24) is 46.7 Å². The summed E-state index contributed by atoms with van der Waals surface area (Å²) in [6, 6.07) is 6.46. The number of rotatable bonds is 15. The maximum absolute atomic E-state index is 13.2. The van der Waals surface area contributed by atoms with Crippen LogP contribution in [0.5, 0.6) is 0 Å². The predicted molar refractivity (Wildman–Crippen MR) is 161 cm³/mol. The highest BCUT2D eigenvalue weighted by molar-refractivity contribution is 6.13. The molecule has 0 aromatic heterocycles. The number of nitrogens with zero attached hydrogens (tertiary/aromatic N) is 2. The standard InChI is InChI=1S/C27H42ClN9O7/c1-17(33-25(41)30-14-19(3)35-28)12-29-24(40)34-18(2)13-31-26(42)36(16-21-8-6-5-7-9-21)20(4)15-32-27(43)44-37-22(38)10-11-23(37)39/h5-9,17-20,35H,10-16H2,1-4H3,(H,31,42)(H,32,43)(H2,29,34,40)(H2,30,33,41)/t17-,18+,19+,20-/m0/s1. The summed E-state index contributed by atoms with van der Waals surface area (Å²) in [6.45, 7) is 7.74. The Morgan fingerprint density at radius 2 is 1.32 bits per heavy atom. The fraction of sp³-hybridized carbons (Fsp3) is 0.556. The van der Waals surface area contributed by atoms with E-state index in [1.165, 1.54) is 4.90 Å². The Labute approximate surface area is 261 Å². The van der Waals surface area contributed by atoms with Crippen LogP contribution in [0.1, 0.15) is 46.1 Å². The molecule has 1 aromatic carbocycles. The van der Waals surface area contributed by atoms with Crippen LogP contribution in [-0.2, 0) is 21.0 Å². The zero-order chi connectivity index (χ0) is 32.6. The minimum absolute atomic E-state index is 0.0228. The van der Waals surface area contributed by atoms with Crippen LogP contribution in [0.3, 0.4) is 0 Å². The van der Waals surface area contributed by atoms with Gasteiger partial charge in [-0.15, -0.1) is 5.06 Å². The smallest absolute Gasteiger partial charge is 0.337 e. The Balaban J connectivity index is 1.82. The molecule has 1 aliphatic heterocycles. The first-order valence-electron chi connectivity index (χ1n) is 14.2. The van der Waals surface area contributed by atoms with Gasteiger partial charge in [0.1, 0.15) is 0 Å². The van der Waals surface area contributed by atoms with Crippen LogP contribution in [-0.4, -0.2) is 96.3 Å². The van der Waals surface area contributed by atoms with E-state index in [0.717, 1.165) is 5.56 Å². The maximum atomic E-state index is 13.2. The van der Waals surface area contributed by atoms with Crippen LogP contribution in [0.25, 0.3) is 0 Å². The van der Waals surface area contributed by atoms with E-state index < -0.39 is 48.1 Å². The van der Waals surface area contributed by atoms with Gasteiger partial charge in [-0.3, -0.25) is 9.59 Å². The van der Waals surface area contributed by atoms with Crippen LogP contribution in [0.2, 0.25) is 0 Å². The van der Waals surface area contributed by atoms with E-state index in [9.17, 15) is 28.8 Å². The van der Waals surface area contributed by atoms with E-state index >= 15 is 0 Å². The van der Waals surface area contributed by atoms with E-state index in [2.05, 4.69) is 36.7 Å². The second-order valence-electron chi connectivity index (χ2n) is 10.5. The number of hydrogen-bond donors (Lipinski definition) is 7. The number of hydrogen-bond acceptors (Lipinski definition) is 8. The molecule has 0 aliphatic carbocycles. The van der Waals surface area contributed by atoms with E-state index in [1.54, 1.807) is 27.7 Å². The van der Waals surface area contributed by atoms with Crippen molar-refractivity contribution in [2.24, 2.45) is 0 Å². The number of carbonyl (C=O) groups excluding carboxylic acids is 6. The summed E-state index contributed by atoms with van der Waals surface area (Å²) in [5.41, 5.74) is 0.845. The fourth-order valence-electron chi connectivity index (χ4n) is 3.85. The lowest BCUT2D eigenvalue weighted by Crippen LogP contribution is -2.53. The molecule has 0 unspecified atom stereocenters. The van der Waals surface area contributed by atoms with Gasteiger partial charge in [0, 0.05) is 69.7 Å². The first kappa shape index (κ1) is 35.9. The van der Waals surface area contributed by atoms with E-state index in [0.29, 0.717) is 11.6 Å². The highest BCUT2D eigenvalue weighted by atomic mass is 35.5. The van der Waals surface area contributed by atoms with Crippen molar-refractivity contribution in [1.29, 1.82) is 0 Å². The lowest BCUT2D eigenvalue weighted by Gasteiger charge is -2.30. The summed E-state index contributed by atoms with van der Waals surface area (Å²) in [7, 11) is 0. The molecule has 1 fully saturated rings. The summed E-state index contributed by atoms with van der Waals surface area (Å²) in [5, 5.41) is 16.4. The van der Waals surface area contributed by atoms with Gasteiger partial charge >= 0.3 is 24.2 Å². The maximum Gasteiger partial charge on any atom is 0.432 e. The second kappa shape index (κ2) is 18.4. The molecule has 0 saturated carbocycles. The number of urea groups is 3. The van der Waals surface area contributed by atoms with Crippen LogP contribution in [0.4, 0.5) is 19.2 Å². The van der Waals surface area contributed by atoms with Crippen molar-refractivity contribution in [3.05, 3.63) is 35.9 Å². The SMILES string of the molecule is C[C@H](CNC(=O)N[C@@H](C)CNC(=O)N[C@H](C)CNC(=O)N(Cc1ccccc1)[C@@H](C)CNC(=O)ON1C(=O)CCC1=O)NCl. The number of imide groups is 1. The molecule has 0 bridgehead atoms. The van der Waals surface area contributed by atoms with Gasteiger partial charge in [-0.1, -0.05) is 30.3 Å². The van der Waals surface area contributed by atoms with E-state index in [4.69, 9.17) is 16.6 Å². The highest BCUT2D eigenvalue weighted by Gasteiger charge is 2.33. The summed E-state index contributed by atoms with van der Waals surface area (Å²) in [4.78, 5) is 81.9. The van der Waals surface area contributed by atoms with Crippen molar-refractivity contribution in [3.8, 4) is 0 Å². The van der Waals surface area contributed by atoms with Gasteiger partial charge in [0.2, 0.25) is 0 Å². The first-order chi connectivity index (χ1) is 20.9. The normalized spacial score (nSPS) is 15.3. The molecule has 7 N–H and O–H groups in total. The van der Waals surface area contributed by atoms with Crippen LogP contribution in [0, 0.1) is 0 Å². The lowest BCUT2D eigenvalue weighted by atomic mass is 10.2. The monoisotopic (exact) mass is 639 g/mol. The minimum atomic E-state index is -0.993. The summed E-state index contributed by atoms with van der Waals surface area (Å²) in [6.07, 6.45) is -1.04. The van der Waals surface area contributed by atoms with Gasteiger partial charge in [-0.05, 0) is 45.0 Å². The Hall–Kier alpha value is -4.31. The molecule has 1 heterocycles. The fourth-order valence-corrected chi connectivity index (χ4v) is 3.92. The third kappa shape index (κ3) is 12.9. The van der Waals surface area contributed by atoms with Crippen LogP contribution in [0.15, 0.2) is 30.3 Å². The molecule has 1 aromatic rings. The molecule has 17 heteroatoms. The van der Waals surface area contributed by atoms with Crippen molar-refractivity contribution in [3.63, 3.8) is 0 Å². The summed E-state index contributed by atoms with van der Waals surface area (Å²) >= 11 is 5.49. The van der Waals surface area contributed by atoms with Crippen molar-refractivity contribution in [2.45, 2.75) is 71.2 Å². The third-order valence-electron chi connectivity index (χ3n) is 6.35. The number of carbonyl (C=O) groups is 6. The van der Waals surface area contributed by atoms with Gasteiger partial charge in [0.25, 0.3) is 11.8 Å². The molecule has 44 heavy (non-hydrogen) atoms. The average Bonchev–Trinajstić information content (AvgIpc) is 3.31. The number of halogens is 1. The Kier molecular flexibility index (Phi) is 15.0. The molecule has 244 valence electrons. The van der Waals surface area contributed by atoms with Gasteiger partial charge < -0.3 is 41.6 Å². The van der Waals surface area contributed by atoms with E-state index in [-0.39, 0.29) is 51.1 Å². The molecule has 4 atom stereocenters. The predicted octanol–water partition coefficient (Wildman–Crippen LogP) is 0.884. The Bertz CT molecular complexity index is 1130. The van der Waals surface area contributed by atoms with Crippen molar-refractivity contribution < 1.29 is 33.6 Å². The molecule has 2 rings (SSSR count). The van der Waals surface area contributed by atoms with Gasteiger partial charge in [0.15, 0.2) is 0 Å². The first-order valence-corrected chi connectivity index (χ1v) is 14.6. The minimum Gasteiger partial charge on any atom is -0.337 e. The quantitative estimate of drug-likeness (QED) is 0.108. The van der Waals surface area contributed by atoms with Crippen LogP contribution >= 0.6 is 11.8 Å². The summed E-state index contributed by atoms with van der Waals surface area (Å²) < 4.78 is 0. The zero-order valence-electron chi connectivity index (χ0n) is 25.3. The average molecular weight is 640 g/mol.